The monoisotopic (exact) mass is 215 g/mol. The average molecular weight is 215 g/mol. The SMILES string of the molecule is CNC(=O)c1cccc2c1=C(C=O)CCC=2. The van der Waals surface area contributed by atoms with E-state index in [1.807, 2.05) is 12.1 Å². The van der Waals surface area contributed by atoms with Crippen LogP contribution in [0.2, 0.25) is 0 Å². The van der Waals surface area contributed by atoms with E-state index < -0.39 is 0 Å². The number of carbonyl (C=O) groups excluding carboxylic acids is 2. The summed E-state index contributed by atoms with van der Waals surface area (Å²) in [5, 5.41) is 4.37. The summed E-state index contributed by atoms with van der Waals surface area (Å²) in [4.78, 5) is 22.7. The Kier molecular flexibility index (Phi) is 2.86. The summed E-state index contributed by atoms with van der Waals surface area (Å²) in [6.45, 7) is 0. The van der Waals surface area contributed by atoms with Gasteiger partial charge in [-0.25, -0.2) is 0 Å². The number of amides is 1. The zero-order chi connectivity index (χ0) is 11.5. The first-order valence-electron chi connectivity index (χ1n) is 5.27. The number of hydrogen-bond donors (Lipinski definition) is 1. The van der Waals surface area contributed by atoms with Gasteiger partial charge in [0.1, 0.15) is 6.29 Å². The Balaban J connectivity index is 2.85. The quantitative estimate of drug-likeness (QED) is 0.704. The number of fused-ring (bicyclic) bond motifs is 1. The molecule has 1 aliphatic carbocycles. The Morgan fingerprint density at radius 3 is 2.94 bits per heavy atom. The van der Waals surface area contributed by atoms with Gasteiger partial charge in [0, 0.05) is 23.4 Å². The van der Waals surface area contributed by atoms with Crippen LogP contribution in [0.3, 0.4) is 0 Å². The molecule has 3 nitrogen and oxygen atoms in total. The van der Waals surface area contributed by atoms with Crippen LogP contribution in [0, 0.1) is 0 Å². The smallest absolute Gasteiger partial charge is 0.251 e. The fourth-order valence-corrected chi connectivity index (χ4v) is 2.05. The summed E-state index contributed by atoms with van der Waals surface area (Å²) in [6, 6.07) is 5.53. The lowest BCUT2D eigenvalue weighted by Crippen LogP contribution is -2.38. The Hall–Kier alpha value is -1.90. The highest BCUT2D eigenvalue weighted by atomic mass is 16.1. The predicted molar refractivity (Wildman–Crippen MR) is 62.3 cm³/mol. The summed E-state index contributed by atoms with van der Waals surface area (Å²) in [5.74, 6) is -0.147. The van der Waals surface area contributed by atoms with Crippen molar-refractivity contribution in [2.75, 3.05) is 7.05 Å². The van der Waals surface area contributed by atoms with Gasteiger partial charge in [-0.2, -0.15) is 0 Å². The van der Waals surface area contributed by atoms with E-state index in [0.717, 1.165) is 28.7 Å². The third-order valence-electron chi connectivity index (χ3n) is 2.81. The van der Waals surface area contributed by atoms with Crippen LogP contribution in [0.4, 0.5) is 0 Å². The van der Waals surface area contributed by atoms with Crippen LogP contribution in [0.15, 0.2) is 18.2 Å². The van der Waals surface area contributed by atoms with Gasteiger partial charge in [0.15, 0.2) is 0 Å². The molecule has 1 aromatic rings. The average Bonchev–Trinajstić information content (AvgIpc) is 2.36. The second kappa shape index (κ2) is 4.31. The third-order valence-corrected chi connectivity index (χ3v) is 2.81. The lowest BCUT2D eigenvalue weighted by atomic mass is 9.96. The molecule has 0 aliphatic heterocycles. The maximum absolute atomic E-state index is 11.7. The molecule has 1 aliphatic rings. The topological polar surface area (TPSA) is 46.2 Å². The van der Waals surface area contributed by atoms with Gasteiger partial charge < -0.3 is 5.32 Å². The molecule has 2 rings (SSSR count). The predicted octanol–water partition coefficient (Wildman–Crippen LogP) is -0.0299. The van der Waals surface area contributed by atoms with Gasteiger partial charge in [0.25, 0.3) is 5.91 Å². The molecule has 3 heteroatoms. The van der Waals surface area contributed by atoms with E-state index in [1.165, 1.54) is 0 Å². The van der Waals surface area contributed by atoms with Gasteiger partial charge in [-0.3, -0.25) is 9.59 Å². The molecule has 16 heavy (non-hydrogen) atoms. The van der Waals surface area contributed by atoms with Crippen molar-refractivity contribution < 1.29 is 9.59 Å². The normalized spacial score (nSPS) is 13.7. The van der Waals surface area contributed by atoms with Gasteiger partial charge in [-0.1, -0.05) is 18.2 Å². The van der Waals surface area contributed by atoms with Crippen molar-refractivity contribution in [3.8, 4) is 0 Å². The summed E-state index contributed by atoms with van der Waals surface area (Å²) in [5.41, 5.74) is 1.30. The van der Waals surface area contributed by atoms with Gasteiger partial charge in [-0.05, 0) is 24.1 Å². The highest BCUT2D eigenvalue weighted by Crippen LogP contribution is 2.06. The Morgan fingerprint density at radius 2 is 2.25 bits per heavy atom. The second-order valence-electron chi connectivity index (χ2n) is 3.73. The minimum Gasteiger partial charge on any atom is -0.355 e. The lowest BCUT2D eigenvalue weighted by Gasteiger charge is -2.09. The maximum Gasteiger partial charge on any atom is 0.251 e. The summed E-state index contributed by atoms with van der Waals surface area (Å²) < 4.78 is 0. The Bertz CT molecular complexity index is 558. The Labute approximate surface area is 93.5 Å². The van der Waals surface area contributed by atoms with E-state index in [-0.39, 0.29) is 5.91 Å². The molecule has 0 atom stereocenters. The number of carbonyl (C=O) groups is 2. The van der Waals surface area contributed by atoms with E-state index in [2.05, 4.69) is 11.4 Å². The first kappa shape index (κ1) is 10.6. The van der Waals surface area contributed by atoms with Gasteiger partial charge in [0.05, 0.1) is 0 Å². The number of nitrogens with one attached hydrogen (secondary N) is 1. The fourth-order valence-electron chi connectivity index (χ4n) is 2.05. The minimum atomic E-state index is -0.147. The van der Waals surface area contributed by atoms with Gasteiger partial charge >= 0.3 is 0 Å². The van der Waals surface area contributed by atoms with Crippen LogP contribution >= 0.6 is 0 Å². The molecule has 0 saturated carbocycles. The maximum atomic E-state index is 11.7. The summed E-state index contributed by atoms with van der Waals surface area (Å²) in [6.07, 6.45) is 4.50. The number of benzene rings is 1. The largest absolute Gasteiger partial charge is 0.355 e. The number of hydrogen-bond acceptors (Lipinski definition) is 2. The molecule has 1 aromatic carbocycles. The molecule has 0 aromatic heterocycles. The van der Waals surface area contributed by atoms with Gasteiger partial charge in [-0.15, -0.1) is 0 Å². The highest BCUT2D eigenvalue weighted by Gasteiger charge is 2.11. The van der Waals surface area contributed by atoms with Crippen LogP contribution in [0.1, 0.15) is 23.2 Å². The lowest BCUT2D eigenvalue weighted by molar-refractivity contribution is -0.103. The van der Waals surface area contributed by atoms with E-state index in [1.54, 1.807) is 13.1 Å². The van der Waals surface area contributed by atoms with Crippen molar-refractivity contribution >= 4 is 23.8 Å². The molecule has 0 spiro atoms. The van der Waals surface area contributed by atoms with Crippen LogP contribution in [0.5, 0.6) is 0 Å². The molecule has 82 valence electrons. The molecule has 1 amide bonds. The molecule has 0 saturated heterocycles. The minimum absolute atomic E-state index is 0.147. The van der Waals surface area contributed by atoms with E-state index in [9.17, 15) is 9.59 Å². The molecule has 0 fully saturated rings. The highest BCUT2D eigenvalue weighted by molar-refractivity contribution is 6.03. The molecule has 0 radical (unpaired) electrons. The van der Waals surface area contributed by atoms with Crippen molar-refractivity contribution in [1.29, 1.82) is 0 Å². The first-order valence-corrected chi connectivity index (χ1v) is 5.27. The standard InChI is InChI=1S/C13H13NO2/c1-14-13(16)11-7-3-5-9-4-2-6-10(8-15)12(9)11/h3-5,7-8H,2,6H2,1H3,(H,14,16). The molecule has 0 unspecified atom stereocenters. The summed E-state index contributed by atoms with van der Waals surface area (Å²) in [7, 11) is 1.59. The van der Waals surface area contributed by atoms with E-state index in [0.29, 0.717) is 12.0 Å². The van der Waals surface area contributed by atoms with Crippen LogP contribution in [-0.2, 0) is 4.79 Å². The Morgan fingerprint density at radius 1 is 1.44 bits per heavy atom. The second-order valence-corrected chi connectivity index (χ2v) is 3.73. The molecular weight excluding hydrogens is 202 g/mol. The van der Waals surface area contributed by atoms with Crippen molar-refractivity contribution in [2.24, 2.45) is 0 Å². The van der Waals surface area contributed by atoms with Crippen LogP contribution < -0.4 is 15.8 Å². The molecule has 0 heterocycles. The molecule has 1 N–H and O–H groups in total. The zero-order valence-corrected chi connectivity index (χ0v) is 9.12. The first-order chi connectivity index (χ1) is 7.77. The summed E-state index contributed by atoms with van der Waals surface area (Å²) >= 11 is 0. The number of rotatable bonds is 2. The van der Waals surface area contributed by atoms with Gasteiger partial charge in [0.2, 0.25) is 0 Å². The van der Waals surface area contributed by atoms with Crippen LogP contribution in [-0.4, -0.2) is 19.2 Å². The van der Waals surface area contributed by atoms with E-state index in [4.69, 9.17) is 0 Å². The van der Waals surface area contributed by atoms with Crippen molar-refractivity contribution in [1.82, 2.24) is 5.32 Å². The fraction of sp³-hybridized carbons (Fsp3) is 0.231. The van der Waals surface area contributed by atoms with Crippen molar-refractivity contribution in [2.45, 2.75) is 12.8 Å². The molecule has 0 bridgehead atoms. The van der Waals surface area contributed by atoms with Crippen molar-refractivity contribution in [3.05, 3.63) is 34.2 Å². The van der Waals surface area contributed by atoms with Crippen LogP contribution in [0.25, 0.3) is 11.6 Å². The zero-order valence-electron chi connectivity index (χ0n) is 9.12. The van der Waals surface area contributed by atoms with E-state index >= 15 is 0 Å². The van der Waals surface area contributed by atoms with Crippen molar-refractivity contribution in [3.63, 3.8) is 0 Å². The molecular formula is C13H13NO2. The number of aldehydes is 1. The third kappa shape index (κ3) is 1.65.